The third kappa shape index (κ3) is 3.53. The van der Waals surface area contributed by atoms with Crippen molar-refractivity contribution in [2.75, 3.05) is 7.11 Å². The number of hydrogen-bond donors (Lipinski definition) is 0. The van der Waals surface area contributed by atoms with Crippen molar-refractivity contribution < 1.29 is 14.4 Å². The van der Waals surface area contributed by atoms with E-state index in [-0.39, 0.29) is 11.7 Å². The van der Waals surface area contributed by atoms with E-state index in [1.165, 1.54) is 12.1 Å². The molecule has 0 amide bonds. The van der Waals surface area contributed by atoms with Crippen LogP contribution in [0.5, 0.6) is 11.5 Å². The standard InChI is InChI=1S/C23H18BrN3O4/c1-30-18-9-4-14(5-10-18)20-13-21-19-12-16(24)6-11-22(19)31-23(26(21)25-20)15-2-7-17(8-3-15)27(28)29/h2-12,21,23H,13H2,1H3/t21-,23-/m1/s1. The molecule has 5 rings (SSSR count). The Balaban J connectivity index is 1.55. The Kier molecular flexibility index (Phi) is 4.86. The van der Waals surface area contributed by atoms with E-state index in [1.807, 2.05) is 41.4 Å². The maximum Gasteiger partial charge on any atom is 0.269 e. The minimum Gasteiger partial charge on any atom is -0.497 e. The molecular weight excluding hydrogens is 462 g/mol. The quantitative estimate of drug-likeness (QED) is 0.359. The monoisotopic (exact) mass is 479 g/mol. The van der Waals surface area contributed by atoms with Crippen molar-refractivity contribution in [1.82, 2.24) is 5.01 Å². The summed E-state index contributed by atoms with van der Waals surface area (Å²) in [5, 5.41) is 17.9. The second-order valence-corrected chi connectivity index (χ2v) is 8.29. The molecule has 0 unspecified atom stereocenters. The van der Waals surface area contributed by atoms with Crippen LogP contribution in [-0.2, 0) is 0 Å². The number of hydrazone groups is 1. The average molecular weight is 480 g/mol. The van der Waals surface area contributed by atoms with Gasteiger partial charge in [-0.25, -0.2) is 5.01 Å². The van der Waals surface area contributed by atoms with Gasteiger partial charge in [0, 0.05) is 34.2 Å². The lowest BCUT2D eigenvalue weighted by atomic mass is 9.96. The number of nitro benzene ring substituents is 1. The number of hydrogen-bond acceptors (Lipinski definition) is 6. The zero-order chi connectivity index (χ0) is 21.5. The molecule has 0 bridgehead atoms. The maximum atomic E-state index is 11.0. The van der Waals surface area contributed by atoms with Crippen molar-refractivity contribution in [3.63, 3.8) is 0 Å². The van der Waals surface area contributed by atoms with Crippen LogP contribution < -0.4 is 9.47 Å². The fourth-order valence-electron chi connectivity index (χ4n) is 4.00. The first-order valence-corrected chi connectivity index (χ1v) is 10.5. The second-order valence-electron chi connectivity index (χ2n) is 7.38. The van der Waals surface area contributed by atoms with Crippen LogP contribution in [0.25, 0.3) is 0 Å². The highest BCUT2D eigenvalue weighted by Gasteiger charge is 2.41. The minimum atomic E-state index is -0.477. The van der Waals surface area contributed by atoms with Gasteiger partial charge in [-0.1, -0.05) is 15.9 Å². The Bertz CT molecular complexity index is 1180. The van der Waals surface area contributed by atoms with Crippen LogP contribution in [0.15, 0.2) is 76.3 Å². The van der Waals surface area contributed by atoms with Gasteiger partial charge in [-0.3, -0.25) is 10.1 Å². The Hall–Kier alpha value is -3.39. The molecule has 31 heavy (non-hydrogen) atoms. The van der Waals surface area contributed by atoms with Gasteiger partial charge in [-0.05, 0) is 60.2 Å². The summed E-state index contributed by atoms with van der Waals surface area (Å²) in [5.74, 6) is 1.58. The molecule has 0 fully saturated rings. The summed E-state index contributed by atoms with van der Waals surface area (Å²) in [5.41, 5.74) is 3.89. The van der Waals surface area contributed by atoms with E-state index in [2.05, 4.69) is 22.0 Å². The lowest BCUT2D eigenvalue weighted by Gasteiger charge is -2.38. The first-order valence-electron chi connectivity index (χ1n) is 9.74. The Morgan fingerprint density at radius 1 is 1.13 bits per heavy atom. The fraction of sp³-hybridized carbons (Fsp3) is 0.174. The van der Waals surface area contributed by atoms with Crippen LogP contribution in [0.2, 0.25) is 0 Å². The molecular formula is C23H18BrN3O4. The van der Waals surface area contributed by atoms with Crippen molar-refractivity contribution in [2.45, 2.75) is 18.7 Å². The summed E-state index contributed by atoms with van der Waals surface area (Å²) >= 11 is 3.56. The molecule has 2 atom stereocenters. The Labute approximate surface area is 187 Å². The van der Waals surface area contributed by atoms with E-state index in [9.17, 15) is 10.1 Å². The van der Waals surface area contributed by atoms with Crippen LogP contribution in [0.3, 0.4) is 0 Å². The molecule has 8 heteroatoms. The summed E-state index contributed by atoms with van der Waals surface area (Å²) < 4.78 is 12.6. The predicted octanol–water partition coefficient (Wildman–Crippen LogP) is 5.61. The van der Waals surface area contributed by atoms with Crippen molar-refractivity contribution >= 4 is 27.3 Å². The summed E-state index contributed by atoms with van der Waals surface area (Å²) in [6.07, 6.45) is 0.248. The molecule has 2 aliphatic rings. The zero-order valence-corrected chi connectivity index (χ0v) is 18.2. The molecule has 2 heterocycles. The summed E-state index contributed by atoms with van der Waals surface area (Å²) in [7, 11) is 1.64. The minimum absolute atomic E-state index is 0.00135. The number of methoxy groups -OCH3 is 1. The van der Waals surface area contributed by atoms with Gasteiger partial charge in [0.1, 0.15) is 11.5 Å². The molecule has 7 nitrogen and oxygen atoms in total. The third-order valence-electron chi connectivity index (χ3n) is 5.56. The van der Waals surface area contributed by atoms with Crippen LogP contribution in [0, 0.1) is 10.1 Å². The van der Waals surface area contributed by atoms with Gasteiger partial charge in [-0.15, -0.1) is 0 Å². The molecule has 0 saturated carbocycles. The smallest absolute Gasteiger partial charge is 0.269 e. The number of nitro groups is 1. The predicted molar refractivity (Wildman–Crippen MR) is 119 cm³/mol. The molecule has 0 spiro atoms. The number of rotatable bonds is 4. The SMILES string of the molecule is COc1ccc(C2=NN3[C@H](C2)c2cc(Br)ccc2O[C@@H]3c2ccc([N+](=O)[O-])cc2)cc1. The van der Waals surface area contributed by atoms with Gasteiger partial charge < -0.3 is 9.47 Å². The highest BCUT2D eigenvalue weighted by atomic mass is 79.9. The van der Waals surface area contributed by atoms with E-state index in [1.54, 1.807) is 19.2 Å². The van der Waals surface area contributed by atoms with E-state index in [4.69, 9.17) is 14.6 Å². The van der Waals surface area contributed by atoms with Gasteiger partial charge >= 0.3 is 0 Å². The van der Waals surface area contributed by atoms with Crippen molar-refractivity contribution in [3.8, 4) is 11.5 Å². The van der Waals surface area contributed by atoms with Gasteiger partial charge in [0.25, 0.3) is 5.69 Å². The molecule has 0 aliphatic carbocycles. The molecule has 156 valence electrons. The second kappa shape index (κ2) is 7.70. The Morgan fingerprint density at radius 2 is 1.87 bits per heavy atom. The van der Waals surface area contributed by atoms with Gasteiger partial charge in [0.2, 0.25) is 6.23 Å². The summed E-state index contributed by atoms with van der Waals surface area (Å²) in [4.78, 5) is 10.6. The molecule has 0 aromatic heterocycles. The summed E-state index contributed by atoms with van der Waals surface area (Å²) in [6.45, 7) is 0. The van der Waals surface area contributed by atoms with Crippen molar-refractivity contribution in [1.29, 1.82) is 0 Å². The molecule has 2 aliphatic heterocycles. The van der Waals surface area contributed by atoms with Gasteiger partial charge in [-0.2, -0.15) is 5.10 Å². The molecule has 3 aromatic rings. The van der Waals surface area contributed by atoms with E-state index in [0.717, 1.165) is 44.8 Å². The molecule has 0 saturated heterocycles. The normalized spacial score (nSPS) is 19.2. The Morgan fingerprint density at radius 3 is 2.55 bits per heavy atom. The topological polar surface area (TPSA) is 77.2 Å². The number of nitrogens with zero attached hydrogens (tertiary/aromatic N) is 3. The third-order valence-corrected chi connectivity index (χ3v) is 6.06. The highest BCUT2D eigenvalue weighted by molar-refractivity contribution is 9.10. The lowest BCUT2D eigenvalue weighted by Crippen LogP contribution is -2.33. The van der Waals surface area contributed by atoms with Crippen molar-refractivity contribution in [2.24, 2.45) is 5.10 Å². The maximum absolute atomic E-state index is 11.0. The highest BCUT2D eigenvalue weighted by Crippen LogP contribution is 2.48. The van der Waals surface area contributed by atoms with Crippen LogP contribution in [0.4, 0.5) is 5.69 Å². The van der Waals surface area contributed by atoms with E-state index >= 15 is 0 Å². The number of benzene rings is 3. The van der Waals surface area contributed by atoms with Crippen LogP contribution in [0.1, 0.15) is 35.4 Å². The first-order chi connectivity index (χ1) is 15.0. The average Bonchev–Trinajstić information content (AvgIpc) is 3.24. The number of ether oxygens (including phenoxy) is 2. The fourth-order valence-corrected chi connectivity index (χ4v) is 4.38. The van der Waals surface area contributed by atoms with Gasteiger partial charge in [0.05, 0.1) is 23.8 Å². The number of non-ortho nitro benzene ring substituents is 1. The van der Waals surface area contributed by atoms with Gasteiger partial charge in [0.15, 0.2) is 0 Å². The van der Waals surface area contributed by atoms with Crippen LogP contribution >= 0.6 is 15.9 Å². The van der Waals surface area contributed by atoms with E-state index in [0.29, 0.717) is 0 Å². The largest absolute Gasteiger partial charge is 0.497 e. The van der Waals surface area contributed by atoms with Crippen molar-refractivity contribution in [3.05, 3.63) is 98.0 Å². The van der Waals surface area contributed by atoms with E-state index < -0.39 is 11.2 Å². The molecule has 0 N–H and O–H groups in total. The number of fused-ring (bicyclic) bond motifs is 3. The lowest BCUT2D eigenvalue weighted by molar-refractivity contribution is -0.384. The first kappa shape index (κ1) is 19.6. The number of halogens is 1. The molecule has 3 aromatic carbocycles. The summed E-state index contributed by atoms with van der Waals surface area (Å²) in [6, 6.07) is 20.2. The van der Waals surface area contributed by atoms with Crippen LogP contribution in [-0.4, -0.2) is 22.8 Å². The zero-order valence-electron chi connectivity index (χ0n) is 16.6. The molecule has 0 radical (unpaired) electrons.